The summed E-state index contributed by atoms with van der Waals surface area (Å²) in [6.45, 7) is 5.70. The van der Waals surface area contributed by atoms with Gasteiger partial charge in [-0.05, 0) is 13.0 Å². The molecule has 5 heteroatoms. The average Bonchev–Trinajstić information content (AvgIpc) is 2.42. The minimum absolute atomic E-state index is 0.163. The Kier molecular flexibility index (Phi) is 8.88. The Morgan fingerprint density at radius 2 is 1.71 bits per heavy atom. The first-order valence-electron chi connectivity index (χ1n) is 8.40. The van der Waals surface area contributed by atoms with Gasteiger partial charge in [0.05, 0.1) is 12.1 Å². The molecule has 1 saturated heterocycles. The predicted octanol–water partition coefficient (Wildman–Crippen LogP) is 1.28. The molecule has 0 aromatic rings. The van der Waals surface area contributed by atoms with Crippen LogP contribution >= 0.6 is 0 Å². The molecule has 1 rings (SSSR count). The third-order valence-corrected chi connectivity index (χ3v) is 4.17. The van der Waals surface area contributed by atoms with Gasteiger partial charge in [-0.1, -0.05) is 45.4 Å². The molecule has 0 saturated carbocycles. The van der Waals surface area contributed by atoms with Gasteiger partial charge in [0.2, 0.25) is 5.91 Å². The van der Waals surface area contributed by atoms with Gasteiger partial charge in [0.1, 0.15) is 6.10 Å². The largest absolute Gasteiger partial charge is 0.389 e. The second-order valence-electron chi connectivity index (χ2n) is 6.25. The van der Waals surface area contributed by atoms with Gasteiger partial charge in [0, 0.05) is 20.0 Å². The average molecular weight is 300 g/mol. The first-order chi connectivity index (χ1) is 10.0. The highest BCUT2D eigenvalue weighted by atomic mass is 16.3. The van der Waals surface area contributed by atoms with Crippen LogP contribution in [0, 0.1) is 0 Å². The third kappa shape index (κ3) is 7.25. The number of unbranched alkanes of at least 4 members (excludes halogenated alkanes) is 6. The van der Waals surface area contributed by atoms with Gasteiger partial charge < -0.3 is 15.5 Å². The number of hydrogen-bond donors (Lipinski definition) is 3. The van der Waals surface area contributed by atoms with Crippen molar-refractivity contribution in [3.63, 3.8) is 0 Å². The van der Waals surface area contributed by atoms with E-state index in [2.05, 4.69) is 17.1 Å². The summed E-state index contributed by atoms with van der Waals surface area (Å²) < 4.78 is 0. The molecule has 1 fully saturated rings. The molecule has 0 unspecified atom stereocenters. The zero-order valence-corrected chi connectivity index (χ0v) is 13.6. The van der Waals surface area contributed by atoms with E-state index < -0.39 is 12.2 Å². The Morgan fingerprint density at radius 3 is 2.33 bits per heavy atom. The van der Waals surface area contributed by atoms with E-state index in [9.17, 15) is 15.0 Å². The van der Waals surface area contributed by atoms with Crippen molar-refractivity contribution < 1.29 is 15.0 Å². The number of β-amino-alcohol motifs (C(OH)–C–C–N with tert-alkyl or cyclic N) is 1. The maximum Gasteiger partial charge on any atom is 0.217 e. The number of aliphatic hydroxyl groups excluding tert-OH is 2. The summed E-state index contributed by atoms with van der Waals surface area (Å²) in [5, 5.41) is 22.5. The van der Waals surface area contributed by atoms with Crippen molar-refractivity contribution in [1.82, 2.24) is 10.2 Å². The molecule has 1 aliphatic heterocycles. The van der Waals surface area contributed by atoms with Crippen LogP contribution in [0.1, 0.15) is 58.8 Å². The summed E-state index contributed by atoms with van der Waals surface area (Å²) in [6, 6.07) is -0.365. The lowest BCUT2D eigenvalue weighted by molar-refractivity contribution is -0.123. The fourth-order valence-electron chi connectivity index (χ4n) is 2.97. The van der Waals surface area contributed by atoms with Crippen LogP contribution in [0.15, 0.2) is 0 Å². The summed E-state index contributed by atoms with van der Waals surface area (Å²) in [6.07, 6.45) is 7.20. The third-order valence-electron chi connectivity index (χ3n) is 4.17. The lowest BCUT2D eigenvalue weighted by atomic mass is 9.99. The monoisotopic (exact) mass is 300 g/mol. The zero-order chi connectivity index (χ0) is 15.7. The summed E-state index contributed by atoms with van der Waals surface area (Å²) in [5.74, 6) is -0.163. The number of aliphatic hydroxyl groups is 2. The number of piperidine rings is 1. The maximum absolute atomic E-state index is 11.1. The second-order valence-corrected chi connectivity index (χ2v) is 6.25. The minimum Gasteiger partial charge on any atom is -0.389 e. The Balaban J connectivity index is 2.20. The fourth-order valence-corrected chi connectivity index (χ4v) is 2.97. The van der Waals surface area contributed by atoms with E-state index in [0.717, 1.165) is 13.0 Å². The molecule has 0 aromatic heterocycles. The van der Waals surface area contributed by atoms with Gasteiger partial charge in [0.25, 0.3) is 0 Å². The van der Waals surface area contributed by atoms with Crippen LogP contribution in [0.2, 0.25) is 0 Å². The number of rotatable bonds is 9. The molecule has 0 radical (unpaired) electrons. The molecule has 0 aromatic carbocycles. The lowest BCUT2D eigenvalue weighted by Gasteiger charge is -2.39. The van der Waals surface area contributed by atoms with Crippen molar-refractivity contribution in [3.05, 3.63) is 0 Å². The quantitative estimate of drug-likeness (QED) is 0.561. The summed E-state index contributed by atoms with van der Waals surface area (Å²) in [7, 11) is 0. The van der Waals surface area contributed by atoms with E-state index in [1.165, 1.54) is 45.4 Å². The van der Waals surface area contributed by atoms with Crippen LogP contribution in [0.5, 0.6) is 0 Å². The van der Waals surface area contributed by atoms with E-state index in [0.29, 0.717) is 13.1 Å². The molecule has 3 N–H and O–H groups in total. The standard InChI is InChI=1S/C16H32N2O3/c1-3-4-5-6-7-8-9-10-18-11-14(17-13(2)19)16(21)15(20)12-18/h14-16,20-21H,3-12H2,1-2H3,(H,17,19)/t14-,15+,16-/m0/s1. The number of hydrogen-bond acceptors (Lipinski definition) is 4. The van der Waals surface area contributed by atoms with E-state index in [1.54, 1.807) is 0 Å². The number of amides is 1. The van der Waals surface area contributed by atoms with Crippen LogP contribution in [0.3, 0.4) is 0 Å². The van der Waals surface area contributed by atoms with Gasteiger partial charge >= 0.3 is 0 Å². The van der Waals surface area contributed by atoms with E-state index >= 15 is 0 Å². The van der Waals surface area contributed by atoms with E-state index in [-0.39, 0.29) is 11.9 Å². The SMILES string of the molecule is CCCCCCCCCN1C[C@@H](O)[C@@H](O)[C@@H](NC(C)=O)C1. The van der Waals surface area contributed by atoms with E-state index in [4.69, 9.17) is 0 Å². The molecular weight excluding hydrogens is 268 g/mol. The normalized spacial score (nSPS) is 26.8. The van der Waals surface area contributed by atoms with Crippen molar-refractivity contribution in [2.24, 2.45) is 0 Å². The van der Waals surface area contributed by atoms with E-state index in [1.807, 2.05) is 0 Å². The Labute approximate surface area is 128 Å². The Bertz CT molecular complexity index is 299. The van der Waals surface area contributed by atoms with Gasteiger partial charge in [-0.3, -0.25) is 9.69 Å². The smallest absolute Gasteiger partial charge is 0.217 e. The van der Waals surface area contributed by atoms with Gasteiger partial charge in [-0.2, -0.15) is 0 Å². The predicted molar refractivity (Wildman–Crippen MR) is 84.1 cm³/mol. The summed E-state index contributed by atoms with van der Waals surface area (Å²) in [4.78, 5) is 13.3. The molecule has 0 bridgehead atoms. The fraction of sp³-hybridized carbons (Fsp3) is 0.938. The molecule has 124 valence electrons. The highest BCUT2D eigenvalue weighted by Gasteiger charge is 2.34. The lowest BCUT2D eigenvalue weighted by Crippen LogP contribution is -2.61. The number of carbonyl (C=O) groups is 1. The summed E-state index contributed by atoms with van der Waals surface area (Å²) in [5.41, 5.74) is 0. The molecular formula is C16H32N2O3. The van der Waals surface area contributed by atoms with Crippen LogP contribution in [0.4, 0.5) is 0 Å². The molecule has 5 nitrogen and oxygen atoms in total. The molecule has 1 heterocycles. The van der Waals surface area contributed by atoms with Crippen LogP contribution < -0.4 is 5.32 Å². The van der Waals surface area contributed by atoms with Crippen molar-refractivity contribution in [3.8, 4) is 0 Å². The Morgan fingerprint density at radius 1 is 1.10 bits per heavy atom. The van der Waals surface area contributed by atoms with Gasteiger partial charge in [-0.25, -0.2) is 0 Å². The zero-order valence-electron chi connectivity index (χ0n) is 13.6. The minimum atomic E-state index is -0.862. The number of likely N-dealkylation sites (tertiary alicyclic amines) is 1. The molecule has 3 atom stereocenters. The van der Waals surface area contributed by atoms with Crippen LogP contribution in [0.25, 0.3) is 0 Å². The van der Waals surface area contributed by atoms with Crippen LogP contribution in [-0.2, 0) is 4.79 Å². The van der Waals surface area contributed by atoms with Gasteiger partial charge in [0.15, 0.2) is 0 Å². The second kappa shape index (κ2) is 10.1. The highest BCUT2D eigenvalue weighted by Crippen LogP contribution is 2.14. The highest BCUT2D eigenvalue weighted by molar-refractivity contribution is 5.73. The molecule has 1 amide bonds. The van der Waals surface area contributed by atoms with Gasteiger partial charge in [-0.15, -0.1) is 0 Å². The Hall–Kier alpha value is -0.650. The summed E-state index contributed by atoms with van der Waals surface area (Å²) >= 11 is 0. The molecule has 0 spiro atoms. The van der Waals surface area contributed by atoms with Crippen molar-refractivity contribution >= 4 is 5.91 Å². The van der Waals surface area contributed by atoms with Crippen molar-refractivity contribution in [2.75, 3.05) is 19.6 Å². The number of carbonyl (C=O) groups excluding carboxylic acids is 1. The first kappa shape index (κ1) is 18.4. The molecule has 21 heavy (non-hydrogen) atoms. The van der Waals surface area contributed by atoms with Crippen LogP contribution in [-0.4, -0.2) is 58.9 Å². The molecule has 1 aliphatic rings. The maximum atomic E-state index is 11.1. The number of nitrogens with zero attached hydrogens (tertiary/aromatic N) is 1. The number of nitrogens with one attached hydrogen (secondary N) is 1. The topological polar surface area (TPSA) is 72.8 Å². The van der Waals surface area contributed by atoms with Crippen molar-refractivity contribution in [1.29, 1.82) is 0 Å². The van der Waals surface area contributed by atoms with Crippen molar-refractivity contribution in [2.45, 2.75) is 77.0 Å². The first-order valence-corrected chi connectivity index (χ1v) is 8.40. The molecule has 0 aliphatic carbocycles.